The van der Waals surface area contributed by atoms with Crippen LogP contribution in [-0.4, -0.2) is 45.2 Å². The van der Waals surface area contributed by atoms with E-state index in [9.17, 15) is 4.39 Å². The largest absolute Gasteiger partial charge is 0.372 e. The topological polar surface area (TPSA) is 18.5 Å². The van der Waals surface area contributed by atoms with E-state index in [-0.39, 0.29) is 5.82 Å². The summed E-state index contributed by atoms with van der Waals surface area (Å²) >= 11 is 0. The van der Waals surface area contributed by atoms with Gasteiger partial charge in [-0.3, -0.25) is 0 Å². The number of nitrogens with zero attached hydrogens (tertiary/aromatic N) is 2. The Hall–Kier alpha value is -1.13. The molecule has 0 spiro atoms. The van der Waals surface area contributed by atoms with Gasteiger partial charge >= 0.3 is 0 Å². The Bertz CT molecular complexity index is 407. The van der Waals surface area contributed by atoms with Crippen LogP contribution in [0.4, 0.5) is 10.1 Å². The summed E-state index contributed by atoms with van der Waals surface area (Å²) in [5.41, 5.74) is 2.21. The molecule has 3 nitrogen and oxygen atoms in total. The van der Waals surface area contributed by atoms with Crippen molar-refractivity contribution in [1.29, 1.82) is 0 Å². The van der Waals surface area contributed by atoms with Gasteiger partial charge in [0, 0.05) is 25.3 Å². The van der Waals surface area contributed by atoms with E-state index in [1.807, 2.05) is 6.07 Å². The Morgan fingerprint density at radius 3 is 2.52 bits per heavy atom. The molecule has 0 aliphatic carbocycles. The number of benzene rings is 1. The van der Waals surface area contributed by atoms with Crippen molar-refractivity contribution in [3.63, 3.8) is 0 Å². The second-order valence-corrected chi connectivity index (χ2v) is 5.69. The lowest BCUT2D eigenvalue weighted by atomic mass is 10.1. The Labute approximate surface area is 129 Å². The quantitative estimate of drug-likeness (QED) is 0.669. The summed E-state index contributed by atoms with van der Waals surface area (Å²) in [4.78, 5) is 4.54. The van der Waals surface area contributed by atoms with E-state index in [1.165, 1.54) is 0 Å². The molecule has 1 N–H and O–H groups in total. The molecule has 0 fully saturated rings. The zero-order chi connectivity index (χ0) is 15.7. The van der Waals surface area contributed by atoms with Gasteiger partial charge in [0.1, 0.15) is 5.82 Å². The van der Waals surface area contributed by atoms with E-state index in [0.717, 1.165) is 56.8 Å². The van der Waals surface area contributed by atoms with Crippen molar-refractivity contribution in [2.45, 2.75) is 33.2 Å². The third kappa shape index (κ3) is 6.44. The average molecular weight is 295 g/mol. The molecular weight excluding hydrogens is 265 g/mol. The molecule has 1 aromatic rings. The van der Waals surface area contributed by atoms with Gasteiger partial charge in [-0.1, -0.05) is 6.92 Å². The predicted molar refractivity (Wildman–Crippen MR) is 89.5 cm³/mol. The number of anilines is 1. The SMILES string of the molecule is CCCNCc1cc(F)ccc1N(CC)CCCN(C)C. The van der Waals surface area contributed by atoms with E-state index < -0.39 is 0 Å². The zero-order valence-corrected chi connectivity index (χ0v) is 14.0. The minimum absolute atomic E-state index is 0.156. The molecule has 0 bridgehead atoms. The molecule has 0 saturated heterocycles. The van der Waals surface area contributed by atoms with Crippen LogP contribution in [0.15, 0.2) is 18.2 Å². The molecule has 0 radical (unpaired) electrons. The molecule has 0 aliphatic heterocycles. The summed E-state index contributed by atoms with van der Waals surface area (Å²) < 4.78 is 13.5. The molecule has 0 amide bonds. The van der Waals surface area contributed by atoms with Crippen LogP contribution >= 0.6 is 0 Å². The zero-order valence-electron chi connectivity index (χ0n) is 14.0. The first kappa shape index (κ1) is 17.9. The van der Waals surface area contributed by atoms with Crippen LogP contribution in [0.1, 0.15) is 32.3 Å². The van der Waals surface area contributed by atoms with Crippen molar-refractivity contribution >= 4 is 5.69 Å². The average Bonchev–Trinajstić information content (AvgIpc) is 2.44. The molecule has 0 unspecified atom stereocenters. The van der Waals surface area contributed by atoms with Crippen LogP contribution in [0.25, 0.3) is 0 Å². The molecule has 0 heterocycles. The lowest BCUT2D eigenvalue weighted by Gasteiger charge is -2.26. The second-order valence-electron chi connectivity index (χ2n) is 5.69. The van der Waals surface area contributed by atoms with E-state index in [4.69, 9.17) is 0 Å². The van der Waals surface area contributed by atoms with Crippen molar-refractivity contribution in [2.75, 3.05) is 45.2 Å². The number of rotatable bonds is 10. The second kappa shape index (κ2) is 9.74. The predicted octanol–water partition coefficient (Wildman–Crippen LogP) is 3.10. The highest BCUT2D eigenvalue weighted by Crippen LogP contribution is 2.22. The van der Waals surface area contributed by atoms with Gasteiger partial charge in [-0.05, 0) is 70.7 Å². The Morgan fingerprint density at radius 2 is 1.90 bits per heavy atom. The lowest BCUT2D eigenvalue weighted by Crippen LogP contribution is -2.28. The monoisotopic (exact) mass is 295 g/mol. The molecule has 4 heteroatoms. The van der Waals surface area contributed by atoms with Crippen molar-refractivity contribution < 1.29 is 4.39 Å². The standard InChI is InChI=1S/C17H30FN3/c1-5-10-19-14-15-13-16(18)8-9-17(15)21(6-2)12-7-11-20(3)4/h8-9,13,19H,5-7,10-12,14H2,1-4H3. The lowest BCUT2D eigenvalue weighted by molar-refractivity contribution is 0.400. The smallest absolute Gasteiger partial charge is 0.123 e. The third-order valence-electron chi connectivity index (χ3n) is 3.54. The first-order valence-corrected chi connectivity index (χ1v) is 7.97. The molecule has 0 saturated carbocycles. The van der Waals surface area contributed by atoms with Gasteiger partial charge < -0.3 is 15.1 Å². The van der Waals surface area contributed by atoms with Crippen LogP contribution < -0.4 is 10.2 Å². The minimum atomic E-state index is -0.156. The maximum Gasteiger partial charge on any atom is 0.123 e. The van der Waals surface area contributed by atoms with Crippen molar-refractivity contribution in [3.05, 3.63) is 29.6 Å². The van der Waals surface area contributed by atoms with Crippen LogP contribution in [0.2, 0.25) is 0 Å². The van der Waals surface area contributed by atoms with Crippen LogP contribution in [-0.2, 0) is 6.54 Å². The Morgan fingerprint density at radius 1 is 1.14 bits per heavy atom. The normalized spacial score (nSPS) is 11.1. The fraction of sp³-hybridized carbons (Fsp3) is 0.647. The summed E-state index contributed by atoms with van der Waals surface area (Å²) in [5.74, 6) is -0.156. The summed E-state index contributed by atoms with van der Waals surface area (Å²) in [7, 11) is 4.18. The first-order valence-electron chi connectivity index (χ1n) is 7.97. The fourth-order valence-corrected chi connectivity index (χ4v) is 2.43. The molecule has 0 aromatic heterocycles. The molecule has 1 aromatic carbocycles. The van der Waals surface area contributed by atoms with Gasteiger partial charge in [-0.25, -0.2) is 4.39 Å². The third-order valence-corrected chi connectivity index (χ3v) is 3.54. The van der Waals surface area contributed by atoms with Crippen molar-refractivity contribution in [1.82, 2.24) is 10.2 Å². The van der Waals surface area contributed by atoms with E-state index >= 15 is 0 Å². The molecule has 120 valence electrons. The maximum absolute atomic E-state index is 13.5. The van der Waals surface area contributed by atoms with Crippen LogP contribution in [0, 0.1) is 5.82 Å². The van der Waals surface area contributed by atoms with E-state index in [0.29, 0.717) is 0 Å². The molecule has 0 atom stereocenters. The highest BCUT2D eigenvalue weighted by molar-refractivity contribution is 5.53. The molecule has 1 rings (SSSR count). The summed E-state index contributed by atoms with van der Waals surface area (Å²) in [6, 6.07) is 5.14. The fourth-order valence-electron chi connectivity index (χ4n) is 2.43. The van der Waals surface area contributed by atoms with Crippen LogP contribution in [0.3, 0.4) is 0 Å². The molecule has 21 heavy (non-hydrogen) atoms. The van der Waals surface area contributed by atoms with E-state index in [2.05, 4.69) is 43.1 Å². The van der Waals surface area contributed by atoms with E-state index in [1.54, 1.807) is 12.1 Å². The van der Waals surface area contributed by atoms with Gasteiger partial charge in [-0.15, -0.1) is 0 Å². The number of hydrogen-bond donors (Lipinski definition) is 1. The number of hydrogen-bond acceptors (Lipinski definition) is 3. The van der Waals surface area contributed by atoms with Gasteiger partial charge in [0.05, 0.1) is 0 Å². The highest BCUT2D eigenvalue weighted by Gasteiger charge is 2.10. The Kier molecular flexibility index (Phi) is 8.31. The minimum Gasteiger partial charge on any atom is -0.372 e. The van der Waals surface area contributed by atoms with Crippen molar-refractivity contribution in [2.24, 2.45) is 0 Å². The van der Waals surface area contributed by atoms with Crippen LogP contribution in [0.5, 0.6) is 0 Å². The molecular formula is C17H30FN3. The number of nitrogens with one attached hydrogen (secondary N) is 1. The Balaban J connectivity index is 2.76. The van der Waals surface area contributed by atoms with Gasteiger partial charge in [0.25, 0.3) is 0 Å². The van der Waals surface area contributed by atoms with Crippen molar-refractivity contribution in [3.8, 4) is 0 Å². The first-order chi connectivity index (χ1) is 10.1. The maximum atomic E-state index is 13.5. The van der Waals surface area contributed by atoms with Gasteiger partial charge in [0.15, 0.2) is 0 Å². The van der Waals surface area contributed by atoms with Gasteiger partial charge in [0.2, 0.25) is 0 Å². The van der Waals surface area contributed by atoms with Gasteiger partial charge in [-0.2, -0.15) is 0 Å². The molecule has 0 aliphatic rings. The summed E-state index contributed by atoms with van der Waals surface area (Å²) in [6.45, 7) is 9.00. The number of halogens is 1. The summed E-state index contributed by atoms with van der Waals surface area (Å²) in [5, 5.41) is 3.37. The summed E-state index contributed by atoms with van der Waals surface area (Å²) in [6.07, 6.45) is 2.20. The highest BCUT2D eigenvalue weighted by atomic mass is 19.1.